The smallest absolute Gasteiger partial charge is 0.0685 e. The van der Waals surface area contributed by atoms with E-state index in [1.165, 1.54) is 11.1 Å². The molecular weight excluding hydrogens is 300 g/mol. The van der Waals surface area contributed by atoms with Crippen LogP contribution in [0, 0.1) is 0 Å². The summed E-state index contributed by atoms with van der Waals surface area (Å²) >= 11 is 3.55. The van der Waals surface area contributed by atoms with Gasteiger partial charge in [-0.05, 0) is 17.5 Å². The van der Waals surface area contributed by atoms with Gasteiger partial charge in [-0.15, -0.1) is 0 Å². The SMILES string of the molecule is BrC[C@H]1CC(c2ccccc2)(c2ccccc2)CO1. The van der Waals surface area contributed by atoms with Gasteiger partial charge in [0.1, 0.15) is 0 Å². The van der Waals surface area contributed by atoms with Crippen LogP contribution in [-0.4, -0.2) is 18.0 Å². The highest BCUT2D eigenvalue weighted by molar-refractivity contribution is 9.09. The van der Waals surface area contributed by atoms with E-state index in [1.54, 1.807) is 0 Å². The quantitative estimate of drug-likeness (QED) is 0.773. The summed E-state index contributed by atoms with van der Waals surface area (Å²) in [6.07, 6.45) is 1.33. The van der Waals surface area contributed by atoms with Crippen molar-refractivity contribution >= 4 is 15.9 Å². The van der Waals surface area contributed by atoms with Gasteiger partial charge in [-0.3, -0.25) is 0 Å². The largest absolute Gasteiger partial charge is 0.376 e. The number of halogens is 1. The third-order valence-corrected chi connectivity index (χ3v) is 4.69. The van der Waals surface area contributed by atoms with E-state index in [9.17, 15) is 0 Å². The average Bonchev–Trinajstić information content (AvgIpc) is 2.95. The Labute approximate surface area is 122 Å². The summed E-state index contributed by atoms with van der Waals surface area (Å²) < 4.78 is 5.98. The number of benzene rings is 2. The normalized spacial score (nSPS) is 21.4. The van der Waals surface area contributed by atoms with E-state index in [-0.39, 0.29) is 5.41 Å². The van der Waals surface area contributed by atoms with Crippen molar-refractivity contribution in [2.24, 2.45) is 0 Å². The van der Waals surface area contributed by atoms with Crippen LogP contribution in [0.5, 0.6) is 0 Å². The molecule has 2 aromatic carbocycles. The monoisotopic (exact) mass is 316 g/mol. The first-order valence-corrected chi connectivity index (χ1v) is 7.76. The van der Waals surface area contributed by atoms with Crippen LogP contribution in [0.25, 0.3) is 0 Å². The molecule has 0 radical (unpaired) electrons. The Morgan fingerprint density at radius 2 is 1.47 bits per heavy atom. The number of alkyl halides is 1. The Hall–Kier alpha value is -1.12. The Kier molecular flexibility index (Phi) is 3.72. The second-order valence-corrected chi connectivity index (χ2v) is 5.75. The van der Waals surface area contributed by atoms with Gasteiger partial charge in [0.15, 0.2) is 0 Å². The lowest BCUT2D eigenvalue weighted by molar-refractivity contribution is 0.123. The van der Waals surface area contributed by atoms with E-state index in [2.05, 4.69) is 76.6 Å². The topological polar surface area (TPSA) is 9.23 Å². The van der Waals surface area contributed by atoms with Crippen molar-refractivity contribution in [1.82, 2.24) is 0 Å². The van der Waals surface area contributed by atoms with Crippen LogP contribution in [-0.2, 0) is 10.2 Å². The van der Waals surface area contributed by atoms with Crippen LogP contribution in [0.1, 0.15) is 17.5 Å². The molecule has 1 fully saturated rings. The van der Waals surface area contributed by atoms with Gasteiger partial charge in [0, 0.05) is 10.7 Å². The van der Waals surface area contributed by atoms with E-state index < -0.39 is 0 Å². The molecule has 0 amide bonds. The second kappa shape index (κ2) is 5.48. The van der Waals surface area contributed by atoms with Gasteiger partial charge in [0.05, 0.1) is 12.7 Å². The number of rotatable bonds is 3. The van der Waals surface area contributed by atoms with Gasteiger partial charge >= 0.3 is 0 Å². The van der Waals surface area contributed by atoms with Gasteiger partial charge in [-0.2, -0.15) is 0 Å². The molecule has 1 nitrogen and oxygen atoms in total. The minimum atomic E-state index is 0.000949. The lowest BCUT2D eigenvalue weighted by Gasteiger charge is -2.29. The van der Waals surface area contributed by atoms with Crippen molar-refractivity contribution in [3.05, 3.63) is 71.8 Å². The number of hydrogen-bond acceptors (Lipinski definition) is 1. The lowest BCUT2D eigenvalue weighted by atomic mass is 9.73. The molecule has 3 rings (SSSR count). The third-order valence-electron chi connectivity index (χ3n) is 3.97. The van der Waals surface area contributed by atoms with E-state index >= 15 is 0 Å². The van der Waals surface area contributed by atoms with Crippen LogP contribution in [0.3, 0.4) is 0 Å². The van der Waals surface area contributed by atoms with Gasteiger partial charge < -0.3 is 4.74 Å². The van der Waals surface area contributed by atoms with Crippen molar-refractivity contribution in [3.63, 3.8) is 0 Å². The first-order chi connectivity index (χ1) is 9.35. The lowest BCUT2D eigenvalue weighted by Crippen LogP contribution is -2.28. The van der Waals surface area contributed by atoms with Crippen molar-refractivity contribution in [3.8, 4) is 0 Å². The molecule has 2 heteroatoms. The predicted molar refractivity (Wildman–Crippen MR) is 81.8 cm³/mol. The maximum absolute atomic E-state index is 5.98. The highest BCUT2D eigenvalue weighted by atomic mass is 79.9. The van der Waals surface area contributed by atoms with E-state index in [0.29, 0.717) is 6.10 Å². The van der Waals surface area contributed by atoms with Crippen LogP contribution < -0.4 is 0 Å². The molecule has 0 aliphatic carbocycles. The molecule has 1 aliphatic heterocycles. The summed E-state index contributed by atoms with van der Waals surface area (Å²) in [6, 6.07) is 21.5. The zero-order valence-corrected chi connectivity index (χ0v) is 12.3. The molecule has 1 saturated heterocycles. The summed E-state index contributed by atoms with van der Waals surface area (Å²) in [5.41, 5.74) is 2.70. The molecule has 0 aromatic heterocycles. The zero-order valence-electron chi connectivity index (χ0n) is 10.8. The molecule has 98 valence electrons. The number of hydrogen-bond donors (Lipinski definition) is 0. The maximum atomic E-state index is 5.98. The summed E-state index contributed by atoms with van der Waals surface area (Å²) in [5, 5.41) is 0.897. The number of ether oxygens (including phenoxy) is 1. The Morgan fingerprint density at radius 1 is 0.947 bits per heavy atom. The highest BCUT2D eigenvalue weighted by Gasteiger charge is 2.42. The fourth-order valence-corrected chi connectivity index (χ4v) is 3.36. The fraction of sp³-hybridized carbons (Fsp3) is 0.294. The van der Waals surface area contributed by atoms with Gasteiger partial charge in [-0.25, -0.2) is 0 Å². The molecule has 1 heterocycles. The molecule has 1 atom stereocenters. The van der Waals surface area contributed by atoms with E-state index in [4.69, 9.17) is 4.74 Å². The Balaban J connectivity index is 2.07. The first kappa shape index (κ1) is 12.9. The molecule has 0 N–H and O–H groups in total. The van der Waals surface area contributed by atoms with Crippen molar-refractivity contribution in [2.45, 2.75) is 17.9 Å². The highest BCUT2D eigenvalue weighted by Crippen LogP contribution is 2.42. The van der Waals surface area contributed by atoms with Crippen molar-refractivity contribution in [1.29, 1.82) is 0 Å². The van der Waals surface area contributed by atoms with E-state index in [1.807, 2.05) is 0 Å². The summed E-state index contributed by atoms with van der Waals surface area (Å²) in [4.78, 5) is 0. The maximum Gasteiger partial charge on any atom is 0.0685 e. The third kappa shape index (κ3) is 2.35. The molecular formula is C17H17BrO. The van der Waals surface area contributed by atoms with Gasteiger partial charge in [0.2, 0.25) is 0 Å². The standard InChI is InChI=1S/C17H17BrO/c18-12-16-11-17(13-19-16,14-7-3-1-4-8-14)15-9-5-2-6-10-15/h1-10,16H,11-13H2/t16-/m1/s1. The summed E-state index contributed by atoms with van der Waals surface area (Å²) in [6.45, 7) is 0.761. The van der Waals surface area contributed by atoms with Crippen molar-refractivity contribution in [2.75, 3.05) is 11.9 Å². The average molecular weight is 317 g/mol. The van der Waals surface area contributed by atoms with Crippen LogP contribution in [0.15, 0.2) is 60.7 Å². The molecule has 0 bridgehead atoms. The van der Waals surface area contributed by atoms with Crippen molar-refractivity contribution < 1.29 is 4.74 Å². The van der Waals surface area contributed by atoms with Crippen LogP contribution >= 0.6 is 15.9 Å². The minimum Gasteiger partial charge on any atom is -0.376 e. The fourth-order valence-electron chi connectivity index (χ4n) is 2.95. The summed E-state index contributed by atoms with van der Waals surface area (Å²) in [5.74, 6) is 0. The van der Waals surface area contributed by atoms with Crippen LogP contribution in [0.2, 0.25) is 0 Å². The molecule has 19 heavy (non-hydrogen) atoms. The molecule has 0 unspecified atom stereocenters. The first-order valence-electron chi connectivity index (χ1n) is 6.64. The summed E-state index contributed by atoms with van der Waals surface area (Å²) in [7, 11) is 0. The van der Waals surface area contributed by atoms with Gasteiger partial charge in [0.25, 0.3) is 0 Å². The Bertz CT molecular complexity index is 484. The minimum absolute atomic E-state index is 0.000949. The zero-order chi connectivity index (χ0) is 13.1. The Morgan fingerprint density at radius 3 is 1.89 bits per heavy atom. The molecule has 0 saturated carbocycles. The van der Waals surface area contributed by atoms with Gasteiger partial charge in [-0.1, -0.05) is 76.6 Å². The molecule has 2 aromatic rings. The van der Waals surface area contributed by atoms with E-state index in [0.717, 1.165) is 18.4 Å². The molecule has 1 aliphatic rings. The van der Waals surface area contributed by atoms with Crippen LogP contribution in [0.4, 0.5) is 0 Å². The molecule has 0 spiro atoms. The second-order valence-electron chi connectivity index (χ2n) is 5.11. The predicted octanol–water partition coefficient (Wildman–Crippen LogP) is 4.16.